The summed E-state index contributed by atoms with van der Waals surface area (Å²) >= 11 is 0. The Morgan fingerprint density at radius 3 is 2.39 bits per heavy atom. The normalized spacial score (nSPS) is 19.7. The number of ether oxygens (including phenoxy) is 3. The molecule has 2 N–H and O–H groups in total. The van der Waals surface area contributed by atoms with E-state index in [4.69, 9.17) is 14.2 Å². The summed E-state index contributed by atoms with van der Waals surface area (Å²) < 4.78 is 16.5. The molecule has 5 atom stereocenters. The molecule has 3 unspecified atom stereocenters. The molecule has 0 bridgehead atoms. The summed E-state index contributed by atoms with van der Waals surface area (Å²) in [5.41, 5.74) is 0.317. The van der Waals surface area contributed by atoms with E-state index in [-0.39, 0.29) is 30.4 Å². The Labute approximate surface area is 196 Å². The quantitative estimate of drug-likeness (QED) is 0.516. The van der Waals surface area contributed by atoms with Gasteiger partial charge < -0.3 is 24.8 Å². The maximum Gasteiger partial charge on any atom is 0.407 e. The number of nitrogens with one attached hydrogen (secondary N) is 2. The Hall–Kier alpha value is -2.61. The number of rotatable bonds is 10. The number of cyclic esters (lactones) is 1. The zero-order chi connectivity index (χ0) is 24.6. The third kappa shape index (κ3) is 8.35. The number of carbonyl (C=O) groups is 3. The predicted molar refractivity (Wildman–Crippen MR) is 125 cm³/mol. The summed E-state index contributed by atoms with van der Waals surface area (Å²) in [5.74, 6) is -0.991. The number of hydrogen-bond acceptors (Lipinski definition) is 6. The molecular weight excluding hydrogens is 424 g/mol. The van der Waals surface area contributed by atoms with E-state index in [9.17, 15) is 14.4 Å². The topological polar surface area (TPSA) is 103 Å². The maximum absolute atomic E-state index is 13.2. The van der Waals surface area contributed by atoms with Crippen LogP contribution in [0.15, 0.2) is 30.3 Å². The first-order valence-corrected chi connectivity index (χ1v) is 11.6. The zero-order valence-corrected chi connectivity index (χ0v) is 20.6. The lowest BCUT2D eigenvalue weighted by molar-refractivity contribution is -0.144. The molecule has 1 fully saturated rings. The molecule has 1 aliphatic rings. The third-order valence-corrected chi connectivity index (χ3v) is 5.78. The molecule has 1 aliphatic heterocycles. The van der Waals surface area contributed by atoms with Crippen molar-refractivity contribution >= 4 is 18.0 Å². The zero-order valence-electron chi connectivity index (χ0n) is 20.6. The van der Waals surface area contributed by atoms with Crippen LogP contribution in [-0.4, -0.2) is 55.0 Å². The molecule has 0 spiro atoms. The molecule has 2 rings (SSSR count). The van der Waals surface area contributed by atoms with E-state index in [1.54, 1.807) is 20.8 Å². The highest BCUT2D eigenvalue weighted by Gasteiger charge is 2.34. The molecule has 2 amide bonds. The average molecular weight is 463 g/mol. The average Bonchev–Trinajstić information content (AvgIpc) is 3.15. The monoisotopic (exact) mass is 462 g/mol. The van der Waals surface area contributed by atoms with Crippen LogP contribution in [0.1, 0.15) is 65.9 Å². The van der Waals surface area contributed by atoms with Crippen molar-refractivity contribution in [1.82, 2.24) is 10.6 Å². The van der Waals surface area contributed by atoms with Crippen LogP contribution in [0.25, 0.3) is 0 Å². The first-order valence-electron chi connectivity index (χ1n) is 11.6. The number of hydrogen-bond donors (Lipinski definition) is 2. The number of amides is 2. The number of esters is 1. The van der Waals surface area contributed by atoms with Gasteiger partial charge in [0.25, 0.3) is 0 Å². The molecule has 0 saturated carbocycles. The minimum absolute atomic E-state index is 0.0954. The molecule has 1 saturated heterocycles. The standard InChI is InChI=1S/C25H38N2O6/c1-7-16(2)20(27-24(30)33-25(4,5)6)15-32-21(17(3)18-11-9-8-10-12-18)22(28)26-19-13-14-31-23(19)29/h8-12,16-17,19-21H,7,13-15H2,1-6H3,(H,26,28)(H,27,30)/t16?,17-,19-,20?,21?/m0/s1. The van der Waals surface area contributed by atoms with Crippen LogP contribution in [0.5, 0.6) is 0 Å². The Kier molecular flexibility index (Phi) is 9.70. The van der Waals surface area contributed by atoms with Gasteiger partial charge >= 0.3 is 12.1 Å². The van der Waals surface area contributed by atoms with Crippen molar-refractivity contribution in [2.24, 2.45) is 5.92 Å². The van der Waals surface area contributed by atoms with Crippen LogP contribution < -0.4 is 10.6 Å². The van der Waals surface area contributed by atoms with Crippen molar-refractivity contribution in [1.29, 1.82) is 0 Å². The fourth-order valence-electron chi connectivity index (χ4n) is 3.56. The summed E-state index contributed by atoms with van der Waals surface area (Å²) in [4.78, 5) is 37.4. The largest absolute Gasteiger partial charge is 0.464 e. The van der Waals surface area contributed by atoms with E-state index in [1.807, 2.05) is 51.1 Å². The van der Waals surface area contributed by atoms with Crippen molar-refractivity contribution in [2.45, 2.75) is 84.1 Å². The Morgan fingerprint density at radius 1 is 1.18 bits per heavy atom. The molecule has 8 heteroatoms. The van der Waals surface area contributed by atoms with Gasteiger partial charge in [-0.25, -0.2) is 9.59 Å². The highest BCUT2D eigenvalue weighted by atomic mass is 16.6. The van der Waals surface area contributed by atoms with Crippen molar-refractivity contribution in [2.75, 3.05) is 13.2 Å². The van der Waals surface area contributed by atoms with Gasteiger partial charge in [0.15, 0.2) is 0 Å². The summed E-state index contributed by atoms with van der Waals surface area (Å²) in [6, 6.07) is 8.57. The Balaban J connectivity index is 2.15. The molecule has 33 heavy (non-hydrogen) atoms. The summed E-state index contributed by atoms with van der Waals surface area (Å²) in [5, 5.41) is 5.65. The summed E-state index contributed by atoms with van der Waals surface area (Å²) in [7, 11) is 0. The van der Waals surface area contributed by atoms with Crippen LogP contribution in [0.2, 0.25) is 0 Å². The molecule has 0 radical (unpaired) electrons. The fraction of sp³-hybridized carbons (Fsp3) is 0.640. The van der Waals surface area contributed by atoms with Crippen LogP contribution >= 0.6 is 0 Å². The molecular formula is C25H38N2O6. The number of alkyl carbamates (subject to hydrolysis) is 1. The van der Waals surface area contributed by atoms with Crippen molar-refractivity contribution in [3.05, 3.63) is 35.9 Å². The van der Waals surface area contributed by atoms with Crippen molar-refractivity contribution in [3.63, 3.8) is 0 Å². The molecule has 1 heterocycles. The SMILES string of the molecule is CCC(C)C(COC(C(=O)N[C@H]1CCOC1=O)[C@@H](C)c1ccccc1)NC(=O)OC(C)(C)C. The summed E-state index contributed by atoms with van der Waals surface area (Å²) in [6.45, 7) is 11.8. The van der Waals surface area contributed by atoms with Crippen LogP contribution in [0.3, 0.4) is 0 Å². The van der Waals surface area contributed by atoms with Gasteiger partial charge in [-0.3, -0.25) is 4.79 Å². The van der Waals surface area contributed by atoms with Crippen molar-refractivity contribution < 1.29 is 28.6 Å². The number of carbonyl (C=O) groups excluding carboxylic acids is 3. The molecule has 184 valence electrons. The van der Waals surface area contributed by atoms with Gasteiger partial charge in [0.05, 0.1) is 19.3 Å². The highest BCUT2D eigenvalue weighted by molar-refractivity contribution is 5.88. The summed E-state index contributed by atoms with van der Waals surface area (Å²) in [6.07, 6.45) is -0.134. The molecule has 8 nitrogen and oxygen atoms in total. The van der Waals surface area contributed by atoms with Gasteiger partial charge in [-0.1, -0.05) is 57.5 Å². The fourth-order valence-corrected chi connectivity index (χ4v) is 3.56. The lowest BCUT2D eigenvalue weighted by atomic mass is 9.94. The first-order chi connectivity index (χ1) is 15.5. The van der Waals surface area contributed by atoms with Gasteiger partial charge in [0.1, 0.15) is 17.7 Å². The number of benzene rings is 1. The Morgan fingerprint density at radius 2 is 1.85 bits per heavy atom. The van der Waals surface area contributed by atoms with Gasteiger partial charge in [0.2, 0.25) is 5.91 Å². The van der Waals surface area contributed by atoms with E-state index in [0.29, 0.717) is 13.0 Å². The minimum Gasteiger partial charge on any atom is -0.464 e. The van der Waals surface area contributed by atoms with Crippen LogP contribution in [0, 0.1) is 5.92 Å². The van der Waals surface area contributed by atoms with Crippen molar-refractivity contribution in [3.8, 4) is 0 Å². The smallest absolute Gasteiger partial charge is 0.407 e. The predicted octanol–water partition coefficient (Wildman–Crippen LogP) is 3.55. The molecule has 1 aromatic carbocycles. The molecule has 1 aromatic rings. The van der Waals surface area contributed by atoms with E-state index in [0.717, 1.165) is 12.0 Å². The van der Waals surface area contributed by atoms with Gasteiger partial charge in [-0.15, -0.1) is 0 Å². The second-order valence-corrected chi connectivity index (χ2v) is 9.61. The second kappa shape index (κ2) is 12.0. The Bertz CT molecular complexity index is 792. The maximum atomic E-state index is 13.2. The third-order valence-electron chi connectivity index (χ3n) is 5.78. The van der Waals surface area contributed by atoms with E-state index in [2.05, 4.69) is 10.6 Å². The van der Waals surface area contributed by atoms with E-state index >= 15 is 0 Å². The van der Waals surface area contributed by atoms with Gasteiger partial charge in [-0.05, 0) is 32.3 Å². The van der Waals surface area contributed by atoms with E-state index < -0.39 is 29.8 Å². The minimum atomic E-state index is -0.854. The first kappa shape index (κ1) is 26.6. The molecule has 0 aliphatic carbocycles. The lowest BCUT2D eigenvalue weighted by Gasteiger charge is -2.30. The van der Waals surface area contributed by atoms with Crippen LogP contribution in [-0.2, 0) is 23.8 Å². The van der Waals surface area contributed by atoms with E-state index in [1.165, 1.54) is 0 Å². The van der Waals surface area contributed by atoms with Gasteiger partial charge in [0, 0.05) is 12.3 Å². The van der Waals surface area contributed by atoms with Crippen LogP contribution in [0.4, 0.5) is 4.79 Å². The van der Waals surface area contributed by atoms with Gasteiger partial charge in [-0.2, -0.15) is 0 Å². The lowest BCUT2D eigenvalue weighted by Crippen LogP contribution is -2.49. The molecule has 0 aromatic heterocycles. The highest BCUT2D eigenvalue weighted by Crippen LogP contribution is 2.23. The second-order valence-electron chi connectivity index (χ2n) is 9.61.